The number of ether oxygens (including phenoxy) is 4. The molecule has 2 aromatic carbocycles. The Labute approximate surface area is 175 Å². The molecule has 0 bridgehead atoms. The molecule has 2 aromatic rings. The van der Waals surface area contributed by atoms with Gasteiger partial charge in [0.15, 0.2) is 11.5 Å². The van der Waals surface area contributed by atoms with Gasteiger partial charge in [-0.25, -0.2) is 0 Å². The van der Waals surface area contributed by atoms with E-state index in [0.717, 1.165) is 0 Å². The van der Waals surface area contributed by atoms with Gasteiger partial charge in [0.05, 0.1) is 34.0 Å². The van der Waals surface area contributed by atoms with Crippen molar-refractivity contribution in [1.29, 1.82) is 0 Å². The smallest absolute Gasteiger partial charge is 0.257 e. The number of piperazine rings is 1. The summed E-state index contributed by atoms with van der Waals surface area (Å²) in [6.07, 6.45) is 0. The lowest BCUT2D eigenvalue weighted by atomic mass is 10.1. The third-order valence-corrected chi connectivity index (χ3v) is 5.11. The molecule has 0 saturated carbocycles. The van der Waals surface area contributed by atoms with Gasteiger partial charge in [0, 0.05) is 43.9 Å². The number of carbonyl (C=O) groups is 2. The standard InChI is InChI=1S/C22H26N2O6/c1-27-16-7-5-6-15(12-16)21(25)23-8-10-24(11-9-23)22(26)17-13-19(29-3)20(30-4)14-18(17)28-2/h5-7,12-14H,8-11H2,1-4H3. The van der Waals surface area contributed by atoms with E-state index < -0.39 is 0 Å². The highest BCUT2D eigenvalue weighted by Gasteiger charge is 2.28. The van der Waals surface area contributed by atoms with E-state index in [2.05, 4.69) is 0 Å². The SMILES string of the molecule is COc1cccc(C(=O)N2CCN(C(=O)c3cc(OC)c(OC)cc3OC)CC2)c1. The predicted octanol–water partition coefficient (Wildman–Crippen LogP) is 2.32. The molecule has 2 amide bonds. The van der Waals surface area contributed by atoms with E-state index in [1.54, 1.807) is 53.3 Å². The van der Waals surface area contributed by atoms with Gasteiger partial charge in [-0.3, -0.25) is 9.59 Å². The van der Waals surface area contributed by atoms with Gasteiger partial charge in [0.2, 0.25) is 0 Å². The summed E-state index contributed by atoms with van der Waals surface area (Å²) in [6, 6.07) is 10.3. The largest absolute Gasteiger partial charge is 0.497 e. The van der Waals surface area contributed by atoms with Crippen LogP contribution in [-0.4, -0.2) is 76.2 Å². The minimum absolute atomic E-state index is 0.0790. The number of nitrogens with zero attached hydrogens (tertiary/aromatic N) is 2. The van der Waals surface area contributed by atoms with Crippen LogP contribution in [0.1, 0.15) is 20.7 Å². The van der Waals surface area contributed by atoms with Crippen molar-refractivity contribution in [3.8, 4) is 23.0 Å². The van der Waals surface area contributed by atoms with Crippen LogP contribution in [0.5, 0.6) is 23.0 Å². The summed E-state index contributed by atoms with van der Waals surface area (Å²) in [5.41, 5.74) is 0.957. The number of rotatable bonds is 6. The van der Waals surface area contributed by atoms with E-state index in [1.165, 1.54) is 21.3 Å². The summed E-state index contributed by atoms with van der Waals surface area (Å²) < 4.78 is 21.2. The van der Waals surface area contributed by atoms with E-state index in [0.29, 0.717) is 60.3 Å². The number of carbonyl (C=O) groups excluding carboxylic acids is 2. The lowest BCUT2D eigenvalue weighted by Crippen LogP contribution is -2.50. The van der Waals surface area contributed by atoms with Crippen molar-refractivity contribution in [2.24, 2.45) is 0 Å². The lowest BCUT2D eigenvalue weighted by molar-refractivity contribution is 0.0533. The van der Waals surface area contributed by atoms with Gasteiger partial charge in [-0.2, -0.15) is 0 Å². The van der Waals surface area contributed by atoms with Gasteiger partial charge < -0.3 is 28.7 Å². The summed E-state index contributed by atoms with van der Waals surface area (Å²) in [5, 5.41) is 0. The molecular formula is C22H26N2O6. The highest BCUT2D eigenvalue weighted by Crippen LogP contribution is 2.35. The first-order valence-electron chi connectivity index (χ1n) is 9.55. The number of benzene rings is 2. The van der Waals surface area contributed by atoms with Gasteiger partial charge in [-0.15, -0.1) is 0 Å². The molecule has 0 radical (unpaired) electrons. The number of hydrogen-bond acceptors (Lipinski definition) is 6. The third kappa shape index (κ3) is 4.27. The molecule has 0 spiro atoms. The minimum Gasteiger partial charge on any atom is -0.497 e. The monoisotopic (exact) mass is 414 g/mol. The fraction of sp³-hybridized carbons (Fsp3) is 0.364. The summed E-state index contributed by atoms with van der Waals surface area (Å²) in [4.78, 5) is 29.3. The van der Waals surface area contributed by atoms with Gasteiger partial charge in [0.1, 0.15) is 11.5 Å². The van der Waals surface area contributed by atoms with Crippen LogP contribution in [0.15, 0.2) is 36.4 Å². The van der Waals surface area contributed by atoms with Crippen LogP contribution in [-0.2, 0) is 0 Å². The van der Waals surface area contributed by atoms with E-state index in [4.69, 9.17) is 18.9 Å². The number of hydrogen-bond donors (Lipinski definition) is 0. The van der Waals surface area contributed by atoms with Crippen LogP contribution < -0.4 is 18.9 Å². The Hall–Kier alpha value is -3.42. The molecule has 8 nitrogen and oxygen atoms in total. The van der Waals surface area contributed by atoms with Crippen molar-refractivity contribution in [2.75, 3.05) is 54.6 Å². The van der Waals surface area contributed by atoms with Gasteiger partial charge in [0.25, 0.3) is 11.8 Å². The molecule has 8 heteroatoms. The van der Waals surface area contributed by atoms with Crippen molar-refractivity contribution < 1.29 is 28.5 Å². The summed E-state index contributed by atoms with van der Waals surface area (Å²) in [5.74, 6) is 1.72. The molecule has 30 heavy (non-hydrogen) atoms. The van der Waals surface area contributed by atoms with Crippen LogP contribution in [0.2, 0.25) is 0 Å². The molecular weight excluding hydrogens is 388 g/mol. The first-order chi connectivity index (χ1) is 14.5. The Morgan fingerprint density at radius 1 is 0.700 bits per heavy atom. The normalized spacial score (nSPS) is 13.6. The molecule has 0 N–H and O–H groups in total. The highest BCUT2D eigenvalue weighted by molar-refractivity contribution is 5.98. The average Bonchev–Trinajstić information content (AvgIpc) is 2.82. The first kappa shape index (κ1) is 21.3. The highest BCUT2D eigenvalue weighted by atomic mass is 16.5. The second-order valence-electron chi connectivity index (χ2n) is 6.72. The molecule has 3 rings (SSSR count). The van der Waals surface area contributed by atoms with Crippen LogP contribution in [0.3, 0.4) is 0 Å². The summed E-state index contributed by atoms with van der Waals surface area (Å²) in [6.45, 7) is 1.73. The molecule has 1 heterocycles. The van der Waals surface area contributed by atoms with Crippen LogP contribution in [0, 0.1) is 0 Å². The van der Waals surface area contributed by atoms with Crippen molar-refractivity contribution in [2.45, 2.75) is 0 Å². The molecule has 160 valence electrons. The van der Waals surface area contributed by atoms with Crippen LogP contribution in [0.4, 0.5) is 0 Å². The Kier molecular flexibility index (Phi) is 6.66. The lowest BCUT2D eigenvalue weighted by Gasteiger charge is -2.35. The second-order valence-corrected chi connectivity index (χ2v) is 6.72. The molecule has 1 aliphatic rings. The van der Waals surface area contributed by atoms with Crippen molar-refractivity contribution in [3.63, 3.8) is 0 Å². The third-order valence-electron chi connectivity index (χ3n) is 5.11. The van der Waals surface area contributed by atoms with Crippen LogP contribution >= 0.6 is 0 Å². The fourth-order valence-electron chi connectivity index (χ4n) is 3.42. The summed E-state index contributed by atoms with van der Waals surface area (Å²) in [7, 11) is 6.11. The van der Waals surface area contributed by atoms with E-state index >= 15 is 0 Å². The maximum Gasteiger partial charge on any atom is 0.257 e. The molecule has 0 aromatic heterocycles. The topological polar surface area (TPSA) is 77.5 Å². The van der Waals surface area contributed by atoms with Crippen LogP contribution in [0.25, 0.3) is 0 Å². The van der Waals surface area contributed by atoms with Crippen molar-refractivity contribution >= 4 is 11.8 Å². The Bertz CT molecular complexity index is 922. The van der Waals surface area contributed by atoms with E-state index in [9.17, 15) is 9.59 Å². The Morgan fingerprint density at radius 2 is 1.27 bits per heavy atom. The molecule has 0 aliphatic carbocycles. The maximum absolute atomic E-state index is 13.1. The minimum atomic E-state index is -0.179. The zero-order valence-electron chi connectivity index (χ0n) is 17.6. The van der Waals surface area contributed by atoms with Gasteiger partial charge in [-0.1, -0.05) is 6.07 Å². The molecule has 1 fully saturated rings. The van der Waals surface area contributed by atoms with Gasteiger partial charge >= 0.3 is 0 Å². The van der Waals surface area contributed by atoms with E-state index in [1.807, 2.05) is 0 Å². The van der Waals surface area contributed by atoms with Crippen molar-refractivity contribution in [1.82, 2.24) is 9.80 Å². The first-order valence-corrected chi connectivity index (χ1v) is 9.55. The molecule has 1 aliphatic heterocycles. The summed E-state index contributed by atoms with van der Waals surface area (Å²) >= 11 is 0. The maximum atomic E-state index is 13.1. The van der Waals surface area contributed by atoms with Crippen molar-refractivity contribution in [3.05, 3.63) is 47.5 Å². The molecule has 0 atom stereocenters. The zero-order chi connectivity index (χ0) is 21.7. The number of amides is 2. The second kappa shape index (κ2) is 9.39. The quantitative estimate of drug-likeness (QED) is 0.722. The van der Waals surface area contributed by atoms with E-state index in [-0.39, 0.29) is 11.8 Å². The zero-order valence-corrected chi connectivity index (χ0v) is 17.6. The Morgan fingerprint density at radius 3 is 1.83 bits per heavy atom. The molecule has 0 unspecified atom stereocenters. The van der Waals surface area contributed by atoms with Gasteiger partial charge in [-0.05, 0) is 18.2 Å². The fourth-order valence-corrected chi connectivity index (χ4v) is 3.42. The number of methoxy groups -OCH3 is 4. The molecule has 1 saturated heterocycles. The predicted molar refractivity (Wildman–Crippen MR) is 111 cm³/mol. The Balaban J connectivity index is 1.71. The average molecular weight is 414 g/mol.